The van der Waals surface area contributed by atoms with Crippen molar-refractivity contribution in [2.24, 2.45) is 0 Å². The normalized spacial score (nSPS) is 18.8. The van der Waals surface area contributed by atoms with Crippen molar-refractivity contribution in [3.63, 3.8) is 0 Å². The third kappa shape index (κ3) is 9.26. The molecular weight excluding hydrogens is 865 g/mol. The largest absolute Gasteiger partial charge is 0.453 e. The number of nitrogens with zero attached hydrogens (tertiary/aromatic N) is 4. The summed E-state index contributed by atoms with van der Waals surface area (Å²) in [7, 11) is 5.57. The molecule has 12 rings (SSSR count). The smallest absolute Gasteiger partial charge is 0.407 e. The lowest BCUT2D eigenvalue weighted by Gasteiger charge is -2.30. The van der Waals surface area contributed by atoms with E-state index in [0.717, 1.165) is 96.2 Å². The van der Waals surface area contributed by atoms with E-state index in [1.807, 2.05) is 0 Å². The third-order valence-corrected chi connectivity index (χ3v) is 14.2. The number of hydrogen-bond donors (Lipinski definition) is 4. The van der Waals surface area contributed by atoms with Gasteiger partial charge in [0.1, 0.15) is 23.7 Å². The van der Waals surface area contributed by atoms with E-state index < -0.39 is 36.5 Å². The number of amides is 4. The van der Waals surface area contributed by atoms with E-state index in [0.29, 0.717) is 13.1 Å². The second kappa shape index (κ2) is 19.8. The fraction of sp³-hybridized carbons (Fsp3) is 0.423. The number of carbonyl (C=O) groups is 4. The number of aryl methyl sites for hydroxylation is 4. The number of alkyl carbamates (subject to hydrolysis) is 2. The quantitative estimate of drug-likeness (QED) is 0.0955. The van der Waals surface area contributed by atoms with E-state index in [4.69, 9.17) is 28.9 Å². The first kappa shape index (κ1) is 46.3. The predicted octanol–water partition coefficient (Wildman–Crippen LogP) is 7.50. The van der Waals surface area contributed by atoms with Crippen LogP contribution in [0.4, 0.5) is 9.59 Å². The maximum atomic E-state index is 13.9. The number of nitrogens with one attached hydrogen (secondary N) is 4. The molecule has 356 valence electrons. The van der Waals surface area contributed by atoms with Crippen molar-refractivity contribution in [1.29, 1.82) is 0 Å². The fourth-order valence-electron chi connectivity index (χ4n) is 10.2. The summed E-state index contributed by atoms with van der Waals surface area (Å²) in [6.07, 6.45) is 4.02. The average Bonchev–Trinajstić information content (AvgIpc) is 4.20. The number of ether oxygens (including phenoxy) is 4. The van der Waals surface area contributed by atoms with E-state index in [-0.39, 0.29) is 23.9 Å². The van der Waals surface area contributed by atoms with Crippen LogP contribution in [-0.2, 0) is 54.2 Å². The summed E-state index contributed by atoms with van der Waals surface area (Å²) in [5.74, 6) is 0.967. The van der Waals surface area contributed by atoms with Gasteiger partial charge in [-0.15, -0.1) is 0 Å². The molecule has 16 nitrogen and oxygen atoms in total. The minimum Gasteiger partial charge on any atom is -0.453 e. The van der Waals surface area contributed by atoms with Crippen LogP contribution in [0.25, 0.3) is 44.3 Å². The van der Waals surface area contributed by atoms with Gasteiger partial charge in [0.2, 0.25) is 11.8 Å². The molecule has 0 spiro atoms. The maximum absolute atomic E-state index is 13.9. The Morgan fingerprint density at radius 3 is 1.41 bits per heavy atom. The molecule has 6 aliphatic rings. The van der Waals surface area contributed by atoms with Crippen molar-refractivity contribution in [3.8, 4) is 22.3 Å². The second-order valence-corrected chi connectivity index (χ2v) is 18.2. The second-order valence-electron chi connectivity index (χ2n) is 18.2. The minimum atomic E-state index is -0.903. The number of carbonyl (C=O) groups excluding carboxylic acids is 4. The Hall–Kier alpha value is -6.78. The van der Waals surface area contributed by atoms with Gasteiger partial charge in [-0.2, -0.15) is 0 Å². The van der Waals surface area contributed by atoms with Crippen LogP contribution in [-0.4, -0.2) is 120 Å². The van der Waals surface area contributed by atoms with Crippen LogP contribution in [0.3, 0.4) is 0 Å². The molecule has 1 unspecified atom stereocenters. The molecule has 4 amide bonds. The first-order chi connectivity index (χ1) is 33.0. The molecule has 6 atom stereocenters. The molecule has 2 fully saturated rings. The number of imidazole rings is 2. The van der Waals surface area contributed by atoms with Crippen molar-refractivity contribution < 1.29 is 38.1 Å². The van der Waals surface area contributed by atoms with Crippen molar-refractivity contribution in [2.75, 3.05) is 41.5 Å². The Balaban J connectivity index is 0.939. The van der Waals surface area contributed by atoms with E-state index >= 15 is 0 Å². The molecule has 68 heavy (non-hydrogen) atoms. The van der Waals surface area contributed by atoms with E-state index in [9.17, 15) is 19.2 Å². The highest BCUT2D eigenvalue weighted by atomic mass is 16.5. The highest BCUT2D eigenvalue weighted by Crippen LogP contribution is 2.37. The Labute approximate surface area is 395 Å². The molecule has 0 radical (unpaired) electrons. The molecular formula is C52H60N8O8. The molecule has 4 aliphatic carbocycles. The summed E-state index contributed by atoms with van der Waals surface area (Å²) in [6, 6.07) is 24.1. The van der Waals surface area contributed by atoms with Crippen molar-refractivity contribution in [3.05, 3.63) is 107 Å². The van der Waals surface area contributed by atoms with Gasteiger partial charge in [0.15, 0.2) is 0 Å². The van der Waals surface area contributed by atoms with Crippen LogP contribution in [0.5, 0.6) is 0 Å². The zero-order valence-corrected chi connectivity index (χ0v) is 39.5. The molecule has 2 aliphatic heterocycles. The first-order valence-electron chi connectivity index (χ1n) is 23.6. The Morgan fingerprint density at radius 1 is 0.588 bits per heavy atom. The lowest BCUT2D eigenvalue weighted by Crippen LogP contribution is -2.54. The maximum Gasteiger partial charge on any atom is 0.407 e. The summed E-state index contributed by atoms with van der Waals surface area (Å²) in [4.78, 5) is 72.8. The Morgan fingerprint density at radius 2 is 1.01 bits per heavy atom. The topological polar surface area (TPSA) is 193 Å². The summed E-state index contributed by atoms with van der Waals surface area (Å²) < 4.78 is 20.6. The number of rotatable bonds is 12. The lowest BCUT2D eigenvalue weighted by molar-refractivity contribution is -0.138. The van der Waals surface area contributed by atoms with Gasteiger partial charge in [-0.05, 0) is 134 Å². The van der Waals surface area contributed by atoms with Crippen LogP contribution >= 0.6 is 0 Å². The SMILES string of the molecule is COC(=O)N[C@H](C(=O)N1CCC[C@H]1c1nc2ccc(-c3cc4ccc3CCc3ccc(c(-c5ccc6nc([C@@H]7CCCN7C(=O)[C@@H](NC(=O)OC)[C@@H](C)OC)[nH]c6c5)c3)CC4)cc2[nH]1)C(C)OC. The predicted molar refractivity (Wildman–Crippen MR) is 257 cm³/mol. The summed E-state index contributed by atoms with van der Waals surface area (Å²) in [5.41, 5.74) is 13.1. The van der Waals surface area contributed by atoms with Gasteiger partial charge in [0.25, 0.3) is 0 Å². The molecule has 6 aromatic rings. The van der Waals surface area contributed by atoms with Crippen LogP contribution in [0.15, 0.2) is 72.8 Å². The highest BCUT2D eigenvalue weighted by Gasteiger charge is 2.40. The molecule has 0 saturated carbocycles. The molecule has 16 heteroatoms. The number of likely N-dealkylation sites (tertiary alicyclic amines) is 2. The van der Waals surface area contributed by atoms with Gasteiger partial charge >= 0.3 is 12.2 Å². The zero-order valence-electron chi connectivity index (χ0n) is 39.5. The van der Waals surface area contributed by atoms with Crippen molar-refractivity contribution >= 4 is 46.1 Å². The standard InChI is InChI=1S/C52H60N8O8/c1-29(65-3)45(57-51(63)67-5)49(61)59-23-7-9-43(59)47-53-39-21-19-35(27-41(39)55-47)37-25-31-11-15-33(37)17-13-32-12-16-34(18-14-31)38(26-32)36-20-22-40-42(28-36)56-48(54-40)44-10-8-24-60(44)50(62)46(30(2)66-4)58-52(64)68-6/h11-12,15-16,19-22,25-30,43-46H,7-10,13-14,17-18,23-24H2,1-6H3,(H,53,55)(H,54,56)(H,57,63)(H,58,64)/t29-,30?,43+,44+,45+,46+/m1/s1. The lowest BCUT2D eigenvalue weighted by atomic mass is 9.87. The molecule has 4 heterocycles. The number of aromatic nitrogens is 4. The molecule has 4 aromatic carbocycles. The number of aromatic amines is 2. The van der Waals surface area contributed by atoms with Crippen LogP contribution < -0.4 is 10.6 Å². The number of H-pyrrole nitrogens is 2. The molecule has 4 N–H and O–H groups in total. The summed E-state index contributed by atoms with van der Waals surface area (Å²) >= 11 is 0. The number of hydrogen-bond acceptors (Lipinski definition) is 10. The minimum absolute atomic E-state index is 0.236. The van der Waals surface area contributed by atoms with Gasteiger partial charge in [0, 0.05) is 27.3 Å². The Kier molecular flexibility index (Phi) is 13.5. The average molecular weight is 925 g/mol. The summed E-state index contributed by atoms with van der Waals surface area (Å²) in [5, 5.41) is 5.33. The highest BCUT2D eigenvalue weighted by molar-refractivity contribution is 5.89. The van der Waals surface area contributed by atoms with Crippen molar-refractivity contribution in [1.82, 2.24) is 40.4 Å². The van der Waals surface area contributed by atoms with E-state index in [1.165, 1.54) is 61.8 Å². The Bertz CT molecular complexity index is 2670. The van der Waals surface area contributed by atoms with Gasteiger partial charge in [-0.25, -0.2) is 19.6 Å². The number of fused-ring (bicyclic) bond motifs is 2. The molecule has 2 aromatic heterocycles. The molecule has 2 saturated heterocycles. The number of benzene rings is 4. The van der Waals surface area contributed by atoms with E-state index in [2.05, 4.69) is 93.4 Å². The van der Waals surface area contributed by atoms with Gasteiger partial charge in [0.05, 0.1) is 60.6 Å². The van der Waals surface area contributed by atoms with Gasteiger partial charge in [-0.3, -0.25) is 9.59 Å². The van der Waals surface area contributed by atoms with Crippen LogP contribution in [0.2, 0.25) is 0 Å². The fourth-order valence-corrected chi connectivity index (χ4v) is 10.2. The monoisotopic (exact) mass is 924 g/mol. The molecule has 4 bridgehead atoms. The van der Waals surface area contributed by atoms with Crippen LogP contribution in [0, 0.1) is 0 Å². The summed E-state index contributed by atoms with van der Waals surface area (Å²) in [6.45, 7) is 4.59. The third-order valence-electron chi connectivity index (χ3n) is 14.2. The van der Waals surface area contributed by atoms with Crippen molar-refractivity contribution in [2.45, 2.75) is 102 Å². The first-order valence-corrected chi connectivity index (χ1v) is 23.6. The van der Waals surface area contributed by atoms with E-state index in [1.54, 1.807) is 23.6 Å². The number of methoxy groups -OCH3 is 4. The van der Waals surface area contributed by atoms with Gasteiger partial charge in [-0.1, -0.05) is 48.5 Å². The zero-order chi connectivity index (χ0) is 47.6. The van der Waals surface area contributed by atoms with Gasteiger partial charge < -0.3 is 49.3 Å². The van der Waals surface area contributed by atoms with Crippen LogP contribution in [0.1, 0.15) is 85.5 Å².